The van der Waals surface area contributed by atoms with Gasteiger partial charge in [0.2, 0.25) is 0 Å². The summed E-state index contributed by atoms with van der Waals surface area (Å²) < 4.78 is 4.58. The lowest BCUT2D eigenvalue weighted by Gasteiger charge is -1.97. The fraction of sp³-hybridized carbons (Fsp3) is 0.600. The van der Waals surface area contributed by atoms with Gasteiger partial charge >= 0.3 is 5.97 Å². The first kappa shape index (κ1) is 10.6. The number of ether oxygens (including phenoxy) is 1. The van der Waals surface area contributed by atoms with Gasteiger partial charge in [0, 0.05) is 18.0 Å². The van der Waals surface area contributed by atoms with Gasteiger partial charge in [0.05, 0.1) is 19.2 Å². The molecule has 1 aromatic heterocycles. The summed E-state index contributed by atoms with van der Waals surface area (Å²) in [6.45, 7) is 0.816. The number of methoxy groups -OCH3 is 1. The molecule has 1 aliphatic rings. The zero-order valence-corrected chi connectivity index (χ0v) is 9.47. The van der Waals surface area contributed by atoms with Crippen molar-refractivity contribution in [3.8, 4) is 0 Å². The van der Waals surface area contributed by atoms with Crippen molar-refractivity contribution in [2.24, 2.45) is 0 Å². The Hall–Kier alpha value is -0.940. The Kier molecular flexibility index (Phi) is 3.33. The highest BCUT2D eigenvalue weighted by molar-refractivity contribution is 7.09. The molecule has 0 radical (unpaired) electrons. The minimum absolute atomic E-state index is 0.234. The molecule has 82 valence electrons. The summed E-state index contributed by atoms with van der Waals surface area (Å²) in [6.07, 6.45) is 2.83. The average Bonchev–Trinajstić information content (AvgIpc) is 2.97. The molecule has 5 heteroatoms. The van der Waals surface area contributed by atoms with Gasteiger partial charge < -0.3 is 10.1 Å². The molecule has 0 saturated heterocycles. The molecular weight excluding hydrogens is 212 g/mol. The van der Waals surface area contributed by atoms with E-state index in [1.54, 1.807) is 11.3 Å². The summed E-state index contributed by atoms with van der Waals surface area (Å²) >= 11 is 1.59. The molecule has 2 rings (SSSR count). The van der Waals surface area contributed by atoms with Crippen LogP contribution < -0.4 is 5.32 Å². The topological polar surface area (TPSA) is 51.2 Å². The summed E-state index contributed by atoms with van der Waals surface area (Å²) in [5, 5.41) is 6.35. The Bertz CT molecular complexity index is 347. The number of aromatic nitrogens is 1. The number of hydrogen-bond donors (Lipinski definition) is 1. The van der Waals surface area contributed by atoms with Crippen molar-refractivity contribution in [2.75, 3.05) is 7.11 Å². The number of esters is 1. The van der Waals surface area contributed by atoms with Crippen LogP contribution in [0.5, 0.6) is 0 Å². The Balaban J connectivity index is 1.82. The van der Waals surface area contributed by atoms with Crippen LogP contribution in [-0.2, 0) is 22.5 Å². The predicted molar refractivity (Wildman–Crippen MR) is 57.7 cm³/mol. The van der Waals surface area contributed by atoms with Gasteiger partial charge in [-0.2, -0.15) is 0 Å². The summed E-state index contributed by atoms with van der Waals surface area (Å²) in [5.41, 5.74) is 0.805. The highest BCUT2D eigenvalue weighted by atomic mass is 32.1. The molecule has 0 unspecified atom stereocenters. The van der Waals surface area contributed by atoms with Crippen LogP contribution in [-0.4, -0.2) is 24.1 Å². The van der Waals surface area contributed by atoms with Crippen molar-refractivity contribution in [2.45, 2.75) is 31.8 Å². The Morgan fingerprint density at radius 2 is 2.53 bits per heavy atom. The molecular formula is C10H14N2O2S. The van der Waals surface area contributed by atoms with Gasteiger partial charge in [-0.3, -0.25) is 4.79 Å². The summed E-state index contributed by atoms with van der Waals surface area (Å²) in [6, 6.07) is 0.693. The number of rotatable bonds is 5. The van der Waals surface area contributed by atoms with Crippen LogP contribution in [0.2, 0.25) is 0 Å². The summed E-state index contributed by atoms with van der Waals surface area (Å²) in [7, 11) is 1.39. The van der Waals surface area contributed by atoms with Crippen LogP contribution in [0.4, 0.5) is 0 Å². The molecule has 0 aliphatic heterocycles. The molecule has 1 N–H and O–H groups in total. The number of carbonyl (C=O) groups is 1. The normalized spacial score (nSPS) is 15.3. The van der Waals surface area contributed by atoms with E-state index in [0.717, 1.165) is 17.2 Å². The fourth-order valence-electron chi connectivity index (χ4n) is 1.25. The van der Waals surface area contributed by atoms with E-state index in [1.807, 2.05) is 5.38 Å². The van der Waals surface area contributed by atoms with Crippen molar-refractivity contribution in [1.29, 1.82) is 0 Å². The molecule has 1 saturated carbocycles. The standard InChI is InChI=1S/C10H14N2O2S/c1-14-10(13)4-8-6-15-9(12-8)5-11-7-2-3-7/h6-7,11H,2-5H2,1H3. The number of hydrogen-bond acceptors (Lipinski definition) is 5. The SMILES string of the molecule is COC(=O)Cc1csc(CNC2CC2)n1. The quantitative estimate of drug-likeness (QED) is 0.764. The molecule has 4 nitrogen and oxygen atoms in total. The second-order valence-corrected chi connectivity index (χ2v) is 4.58. The first-order valence-electron chi connectivity index (χ1n) is 5.01. The van der Waals surface area contributed by atoms with Crippen LogP contribution >= 0.6 is 11.3 Å². The van der Waals surface area contributed by atoms with Gasteiger partial charge in [-0.15, -0.1) is 11.3 Å². The Labute approximate surface area is 92.7 Å². The number of nitrogens with zero attached hydrogens (tertiary/aromatic N) is 1. The van der Waals surface area contributed by atoms with Gasteiger partial charge in [0.1, 0.15) is 5.01 Å². The summed E-state index contributed by atoms with van der Waals surface area (Å²) in [5.74, 6) is -0.234. The molecule has 1 aromatic rings. The molecule has 1 aliphatic carbocycles. The maximum Gasteiger partial charge on any atom is 0.311 e. The third kappa shape index (κ3) is 3.28. The van der Waals surface area contributed by atoms with E-state index in [4.69, 9.17) is 0 Å². The van der Waals surface area contributed by atoms with E-state index < -0.39 is 0 Å². The van der Waals surface area contributed by atoms with E-state index in [0.29, 0.717) is 6.04 Å². The second kappa shape index (κ2) is 4.72. The zero-order valence-electron chi connectivity index (χ0n) is 8.66. The molecule has 15 heavy (non-hydrogen) atoms. The van der Waals surface area contributed by atoms with Crippen LogP contribution in [0.3, 0.4) is 0 Å². The fourth-order valence-corrected chi connectivity index (χ4v) is 2.00. The highest BCUT2D eigenvalue weighted by Gasteiger charge is 2.20. The lowest BCUT2D eigenvalue weighted by Crippen LogP contribution is -2.15. The number of thiazole rings is 1. The van der Waals surface area contributed by atoms with Gasteiger partial charge in [-0.1, -0.05) is 0 Å². The molecule has 0 atom stereocenters. The van der Waals surface area contributed by atoms with Crippen LogP contribution in [0.25, 0.3) is 0 Å². The van der Waals surface area contributed by atoms with E-state index >= 15 is 0 Å². The van der Waals surface area contributed by atoms with Crippen LogP contribution in [0.15, 0.2) is 5.38 Å². The van der Waals surface area contributed by atoms with Crippen LogP contribution in [0, 0.1) is 0 Å². The molecule has 0 spiro atoms. The van der Waals surface area contributed by atoms with Crippen molar-refractivity contribution in [1.82, 2.24) is 10.3 Å². The Morgan fingerprint density at radius 3 is 3.20 bits per heavy atom. The zero-order chi connectivity index (χ0) is 10.7. The maximum atomic E-state index is 11.0. The number of nitrogens with one attached hydrogen (secondary N) is 1. The molecule has 0 amide bonds. The molecule has 1 heterocycles. The third-order valence-corrected chi connectivity index (χ3v) is 3.17. The van der Waals surface area contributed by atoms with Crippen molar-refractivity contribution in [3.05, 3.63) is 16.1 Å². The lowest BCUT2D eigenvalue weighted by atomic mass is 10.3. The smallest absolute Gasteiger partial charge is 0.311 e. The first-order chi connectivity index (χ1) is 7.28. The summed E-state index contributed by atoms with van der Waals surface area (Å²) in [4.78, 5) is 15.3. The highest BCUT2D eigenvalue weighted by Crippen LogP contribution is 2.20. The van der Waals surface area contributed by atoms with E-state index in [1.165, 1.54) is 20.0 Å². The monoisotopic (exact) mass is 226 g/mol. The van der Waals surface area contributed by atoms with Crippen molar-refractivity contribution in [3.63, 3.8) is 0 Å². The maximum absolute atomic E-state index is 11.0. The molecule has 0 aromatic carbocycles. The molecule has 1 fully saturated rings. The Morgan fingerprint density at radius 1 is 1.73 bits per heavy atom. The van der Waals surface area contributed by atoms with Crippen molar-refractivity contribution < 1.29 is 9.53 Å². The van der Waals surface area contributed by atoms with E-state index in [2.05, 4.69) is 15.0 Å². The largest absolute Gasteiger partial charge is 0.469 e. The second-order valence-electron chi connectivity index (χ2n) is 3.64. The van der Waals surface area contributed by atoms with Crippen LogP contribution in [0.1, 0.15) is 23.5 Å². The minimum atomic E-state index is -0.234. The van der Waals surface area contributed by atoms with Gasteiger partial charge in [-0.25, -0.2) is 4.98 Å². The number of carbonyl (C=O) groups excluding carboxylic acids is 1. The van der Waals surface area contributed by atoms with Gasteiger partial charge in [0.25, 0.3) is 0 Å². The minimum Gasteiger partial charge on any atom is -0.469 e. The first-order valence-corrected chi connectivity index (χ1v) is 5.89. The third-order valence-electron chi connectivity index (χ3n) is 2.27. The van der Waals surface area contributed by atoms with Gasteiger partial charge in [0.15, 0.2) is 0 Å². The van der Waals surface area contributed by atoms with E-state index in [-0.39, 0.29) is 12.4 Å². The van der Waals surface area contributed by atoms with Crippen molar-refractivity contribution >= 4 is 17.3 Å². The van der Waals surface area contributed by atoms with E-state index in [9.17, 15) is 4.79 Å². The average molecular weight is 226 g/mol. The van der Waals surface area contributed by atoms with Gasteiger partial charge in [-0.05, 0) is 12.8 Å². The predicted octanol–water partition coefficient (Wildman–Crippen LogP) is 1.11. The lowest BCUT2D eigenvalue weighted by molar-refractivity contribution is -0.139. The molecule has 0 bridgehead atoms.